The summed E-state index contributed by atoms with van der Waals surface area (Å²) in [6.45, 7) is 1.40. The maximum Gasteiger partial charge on any atom is 0.308 e. The first-order chi connectivity index (χ1) is 14.2. The molecule has 1 N–H and O–H groups in total. The summed E-state index contributed by atoms with van der Waals surface area (Å²) in [6.07, 6.45) is 5.32. The maximum absolute atomic E-state index is 11.1. The van der Waals surface area contributed by atoms with Gasteiger partial charge in [0.05, 0.1) is 0 Å². The minimum Gasteiger partial charge on any atom is -0.427 e. The van der Waals surface area contributed by atoms with Gasteiger partial charge in [-0.3, -0.25) is 15.1 Å². The standard InChI is InChI=1S/C25H25NO3/c1-20(27)28-24-17-10-12-21(19-24)11-8-9-18-26-29-25(22-13-4-2-5-14-22)23-15-6-3-7-16-23/h2-7,9-10,12-19,25-26H,8,11H2,1H3. The van der Waals surface area contributed by atoms with Crippen LogP contribution in [-0.4, -0.2) is 5.97 Å². The van der Waals surface area contributed by atoms with Gasteiger partial charge in [-0.05, 0) is 41.7 Å². The van der Waals surface area contributed by atoms with Gasteiger partial charge in [0.25, 0.3) is 0 Å². The fourth-order valence-corrected chi connectivity index (χ4v) is 3.00. The Kier molecular flexibility index (Phi) is 7.61. The molecule has 29 heavy (non-hydrogen) atoms. The van der Waals surface area contributed by atoms with Crippen molar-refractivity contribution < 1.29 is 14.4 Å². The van der Waals surface area contributed by atoms with E-state index < -0.39 is 0 Å². The van der Waals surface area contributed by atoms with Gasteiger partial charge in [0.15, 0.2) is 0 Å². The van der Waals surface area contributed by atoms with Crippen molar-refractivity contribution >= 4 is 5.97 Å². The van der Waals surface area contributed by atoms with E-state index in [1.165, 1.54) is 6.92 Å². The second kappa shape index (κ2) is 10.8. The highest BCUT2D eigenvalue weighted by Gasteiger charge is 2.14. The Morgan fingerprint density at radius 2 is 1.59 bits per heavy atom. The molecule has 3 rings (SSSR count). The Balaban J connectivity index is 1.52. The van der Waals surface area contributed by atoms with E-state index in [1.54, 1.807) is 6.07 Å². The van der Waals surface area contributed by atoms with Gasteiger partial charge >= 0.3 is 5.97 Å². The molecule has 0 bridgehead atoms. The van der Waals surface area contributed by atoms with Crippen molar-refractivity contribution in [3.8, 4) is 5.75 Å². The second-order valence-electron chi connectivity index (χ2n) is 6.62. The summed E-state index contributed by atoms with van der Waals surface area (Å²) in [5.74, 6) is 0.267. The Bertz CT molecular complexity index is 884. The van der Waals surface area contributed by atoms with E-state index in [9.17, 15) is 4.79 Å². The van der Waals surface area contributed by atoms with Crippen molar-refractivity contribution in [2.45, 2.75) is 25.9 Å². The zero-order valence-corrected chi connectivity index (χ0v) is 16.5. The molecular weight excluding hydrogens is 362 g/mol. The van der Waals surface area contributed by atoms with Crippen LogP contribution in [0.1, 0.15) is 36.1 Å². The lowest BCUT2D eigenvalue weighted by Gasteiger charge is -2.18. The molecule has 4 nitrogen and oxygen atoms in total. The lowest BCUT2D eigenvalue weighted by atomic mass is 10.0. The van der Waals surface area contributed by atoms with Crippen LogP contribution in [0.25, 0.3) is 0 Å². The number of hydroxylamine groups is 1. The predicted molar refractivity (Wildman–Crippen MR) is 114 cm³/mol. The average molecular weight is 387 g/mol. The molecule has 0 saturated heterocycles. The Hall–Kier alpha value is -3.37. The van der Waals surface area contributed by atoms with Gasteiger partial charge in [-0.2, -0.15) is 0 Å². The Labute approximate surface area is 171 Å². The molecule has 0 atom stereocenters. The van der Waals surface area contributed by atoms with Crippen LogP contribution < -0.4 is 10.2 Å². The van der Waals surface area contributed by atoms with Crippen LogP contribution in [0, 0.1) is 0 Å². The number of ether oxygens (including phenoxy) is 1. The summed E-state index contributed by atoms with van der Waals surface area (Å²) in [6, 6.07) is 27.8. The largest absolute Gasteiger partial charge is 0.427 e. The number of rotatable bonds is 9. The average Bonchev–Trinajstić information content (AvgIpc) is 2.74. The normalized spacial score (nSPS) is 11.0. The van der Waals surface area contributed by atoms with Gasteiger partial charge in [-0.15, -0.1) is 0 Å². The van der Waals surface area contributed by atoms with Crippen LogP contribution in [0.4, 0.5) is 0 Å². The van der Waals surface area contributed by atoms with Crippen molar-refractivity contribution in [2.24, 2.45) is 0 Å². The minimum absolute atomic E-state index is 0.192. The third-order valence-electron chi connectivity index (χ3n) is 4.34. The van der Waals surface area contributed by atoms with Crippen LogP contribution in [0.3, 0.4) is 0 Å². The Morgan fingerprint density at radius 3 is 2.21 bits per heavy atom. The number of nitrogens with one attached hydrogen (secondary N) is 1. The zero-order valence-electron chi connectivity index (χ0n) is 16.5. The predicted octanol–water partition coefficient (Wildman–Crippen LogP) is 5.37. The first kappa shape index (κ1) is 20.4. The molecule has 0 saturated carbocycles. The number of carbonyl (C=O) groups excluding carboxylic acids is 1. The van der Waals surface area contributed by atoms with Crippen molar-refractivity contribution in [1.29, 1.82) is 0 Å². The molecule has 0 radical (unpaired) electrons. The molecule has 148 valence electrons. The Morgan fingerprint density at radius 1 is 0.931 bits per heavy atom. The van der Waals surface area contributed by atoms with Gasteiger partial charge in [0.2, 0.25) is 0 Å². The third kappa shape index (κ3) is 6.63. The van der Waals surface area contributed by atoms with Crippen LogP contribution in [0.5, 0.6) is 5.75 Å². The summed E-state index contributed by atoms with van der Waals surface area (Å²) < 4.78 is 5.12. The van der Waals surface area contributed by atoms with Crippen LogP contribution >= 0.6 is 0 Å². The van der Waals surface area contributed by atoms with Crippen LogP contribution in [-0.2, 0) is 16.1 Å². The summed E-state index contributed by atoms with van der Waals surface area (Å²) in [4.78, 5) is 17.0. The van der Waals surface area contributed by atoms with Gasteiger partial charge in [-0.1, -0.05) is 78.9 Å². The first-order valence-electron chi connectivity index (χ1n) is 9.66. The van der Waals surface area contributed by atoms with Gasteiger partial charge in [0.1, 0.15) is 11.9 Å². The number of benzene rings is 3. The van der Waals surface area contributed by atoms with E-state index in [-0.39, 0.29) is 12.1 Å². The topological polar surface area (TPSA) is 47.6 Å². The molecule has 0 heterocycles. The van der Waals surface area contributed by atoms with E-state index in [1.807, 2.05) is 66.9 Å². The van der Waals surface area contributed by atoms with Gasteiger partial charge in [0, 0.05) is 13.1 Å². The monoisotopic (exact) mass is 387 g/mol. The quantitative estimate of drug-likeness (QED) is 0.305. The van der Waals surface area contributed by atoms with Crippen molar-refractivity contribution in [2.75, 3.05) is 0 Å². The smallest absolute Gasteiger partial charge is 0.308 e. The van der Waals surface area contributed by atoms with Crippen molar-refractivity contribution in [3.05, 3.63) is 114 Å². The number of hydrogen-bond acceptors (Lipinski definition) is 4. The van der Waals surface area contributed by atoms with E-state index in [4.69, 9.17) is 9.57 Å². The van der Waals surface area contributed by atoms with E-state index in [2.05, 4.69) is 29.7 Å². The second-order valence-corrected chi connectivity index (χ2v) is 6.62. The number of aryl methyl sites for hydroxylation is 1. The molecule has 4 heteroatoms. The highest BCUT2D eigenvalue weighted by Crippen LogP contribution is 2.24. The highest BCUT2D eigenvalue weighted by atomic mass is 16.7. The molecule has 0 aliphatic carbocycles. The van der Waals surface area contributed by atoms with Crippen LogP contribution in [0.15, 0.2) is 97.2 Å². The summed E-state index contributed by atoms with van der Waals surface area (Å²) >= 11 is 0. The number of esters is 1. The van der Waals surface area contributed by atoms with E-state index >= 15 is 0 Å². The highest BCUT2D eigenvalue weighted by molar-refractivity contribution is 5.69. The van der Waals surface area contributed by atoms with Gasteiger partial charge < -0.3 is 4.74 Å². The third-order valence-corrected chi connectivity index (χ3v) is 4.34. The first-order valence-corrected chi connectivity index (χ1v) is 9.66. The molecule has 0 spiro atoms. The summed E-state index contributed by atoms with van der Waals surface area (Å²) in [5.41, 5.74) is 6.24. The molecular formula is C25H25NO3. The summed E-state index contributed by atoms with van der Waals surface area (Å²) in [5, 5.41) is 0. The number of allylic oxidation sites excluding steroid dienone is 1. The van der Waals surface area contributed by atoms with Crippen molar-refractivity contribution in [1.82, 2.24) is 5.48 Å². The fraction of sp³-hybridized carbons (Fsp3) is 0.160. The summed E-state index contributed by atoms with van der Waals surface area (Å²) in [7, 11) is 0. The van der Waals surface area contributed by atoms with E-state index in [0.29, 0.717) is 5.75 Å². The number of hydrogen-bond donors (Lipinski definition) is 1. The minimum atomic E-state index is -0.310. The lowest BCUT2D eigenvalue weighted by molar-refractivity contribution is -0.131. The molecule has 0 aromatic heterocycles. The van der Waals surface area contributed by atoms with Gasteiger partial charge in [-0.25, -0.2) is 0 Å². The zero-order chi connectivity index (χ0) is 20.3. The fourth-order valence-electron chi connectivity index (χ4n) is 3.00. The molecule has 0 aliphatic rings. The van der Waals surface area contributed by atoms with Crippen LogP contribution in [0.2, 0.25) is 0 Å². The van der Waals surface area contributed by atoms with Crippen molar-refractivity contribution in [3.63, 3.8) is 0 Å². The molecule has 0 unspecified atom stereocenters. The SMILES string of the molecule is CC(=O)Oc1cccc(CCC=CNOC(c2ccccc2)c2ccccc2)c1. The molecule has 0 amide bonds. The maximum atomic E-state index is 11.1. The molecule has 3 aromatic carbocycles. The number of carbonyl (C=O) groups is 1. The molecule has 0 fully saturated rings. The van der Waals surface area contributed by atoms with E-state index in [0.717, 1.165) is 29.5 Å². The lowest BCUT2D eigenvalue weighted by Crippen LogP contribution is -2.14. The molecule has 3 aromatic rings. The molecule has 0 aliphatic heterocycles.